The monoisotopic (exact) mass is 304 g/mol. The van der Waals surface area contributed by atoms with E-state index in [-0.39, 0.29) is 11.8 Å². The number of rotatable bonds is 2. The van der Waals surface area contributed by atoms with Gasteiger partial charge in [-0.2, -0.15) is 0 Å². The molecular formula is C17H21ClN2O. The summed E-state index contributed by atoms with van der Waals surface area (Å²) in [5, 5.41) is 1.32. The van der Waals surface area contributed by atoms with E-state index in [4.69, 9.17) is 11.6 Å². The minimum absolute atomic E-state index is 0.0547. The van der Waals surface area contributed by atoms with Crippen LogP contribution in [-0.4, -0.2) is 34.8 Å². The van der Waals surface area contributed by atoms with Gasteiger partial charge in [-0.15, -0.1) is 11.6 Å². The Kier molecular flexibility index (Phi) is 3.94. The van der Waals surface area contributed by atoms with E-state index in [1.807, 2.05) is 4.90 Å². The summed E-state index contributed by atoms with van der Waals surface area (Å²) in [6.07, 6.45) is 2.02. The fourth-order valence-corrected chi connectivity index (χ4v) is 3.54. The van der Waals surface area contributed by atoms with Crippen LogP contribution in [0.1, 0.15) is 35.6 Å². The predicted molar refractivity (Wildman–Crippen MR) is 87.0 cm³/mol. The quantitative estimate of drug-likeness (QED) is 0.843. The summed E-state index contributed by atoms with van der Waals surface area (Å²) < 4.78 is 0. The van der Waals surface area contributed by atoms with Crippen LogP contribution in [0, 0.1) is 13.8 Å². The molecule has 112 valence electrons. The molecule has 0 bridgehead atoms. The maximum absolute atomic E-state index is 11.6. The Labute approximate surface area is 130 Å². The molecule has 0 aliphatic carbocycles. The zero-order valence-corrected chi connectivity index (χ0v) is 13.3. The van der Waals surface area contributed by atoms with Crippen LogP contribution in [0.15, 0.2) is 18.2 Å². The van der Waals surface area contributed by atoms with Crippen LogP contribution >= 0.6 is 11.6 Å². The van der Waals surface area contributed by atoms with E-state index >= 15 is 0 Å². The second-order valence-corrected chi connectivity index (χ2v) is 6.27. The lowest BCUT2D eigenvalue weighted by Gasteiger charge is -2.31. The minimum Gasteiger partial charge on any atom is -0.358 e. The molecule has 2 aromatic rings. The summed E-state index contributed by atoms with van der Waals surface area (Å²) in [7, 11) is 0. The highest BCUT2D eigenvalue weighted by Crippen LogP contribution is 2.33. The molecule has 2 heterocycles. The Morgan fingerprint density at radius 2 is 2.05 bits per heavy atom. The average molecular weight is 305 g/mol. The number of H-pyrrole nitrogens is 1. The first-order valence-corrected chi connectivity index (χ1v) is 8.06. The summed E-state index contributed by atoms with van der Waals surface area (Å²) in [6.45, 7) is 5.94. The fraction of sp³-hybridized carbons (Fsp3) is 0.471. The Bertz CT molecular complexity index is 669. The average Bonchev–Trinajstić information content (AvgIpc) is 2.83. The van der Waals surface area contributed by atoms with Crippen molar-refractivity contribution in [2.24, 2.45) is 0 Å². The predicted octanol–water partition coefficient (Wildman–Crippen LogP) is 3.73. The van der Waals surface area contributed by atoms with Gasteiger partial charge in [0.05, 0.1) is 0 Å². The molecule has 1 aromatic carbocycles. The Hall–Kier alpha value is -1.48. The van der Waals surface area contributed by atoms with Gasteiger partial charge in [0.15, 0.2) is 0 Å². The standard InChI is InChI=1S/C17H21ClN2O/c1-11-3-4-15-14(9-11)12(2)17(19-15)13-5-7-20(8-6-13)16(21)10-18/h3-4,9,13,19H,5-8,10H2,1-2H3. The zero-order chi connectivity index (χ0) is 15.0. The normalized spacial score (nSPS) is 16.6. The molecule has 1 amide bonds. The maximum atomic E-state index is 11.6. The van der Waals surface area contributed by atoms with Crippen LogP contribution in [0.4, 0.5) is 0 Å². The van der Waals surface area contributed by atoms with E-state index in [9.17, 15) is 4.79 Å². The van der Waals surface area contributed by atoms with Crippen LogP contribution < -0.4 is 0 Å². The van der Waals surface area contributed by atoms with Gasteiger partial charge in [0.25, 0.3) is 0 Å². The third kappa shape index (κ3) is 2.67. The van der Waals surface area contributed by atoms with E-state index in [1.54, 1.807) is 0 Å². The number of amides is 1. The number of fused-ring (bicyclic) bond motifs is 1. The molecular weight excluding hydrogens is 284 g/mol. The number of aromatic amines is 1. The highest BCUT2D eigenvalue weighted by Gasteiger charge is 2.25. The Morgan fingerprint density at radius 1 is 1.33 bits per heavy atom. The summed E-state index contributed by atoms with van der Waals surface area (Å²) in [5.74, 6) is 0.659. The smallest absolute Gasteiger partial charge is 0.237 e. The number of carbonyl (C=O) groups is 1. The fourth-order valence-electron chi connectivity index (χ4n) is 3.37. The molecule has 0 saturated carbocycles. The van der Waals surface area contributed by atoms with E-state index < -0.39 is 0 Å². The largest absolute Gasteiger partial charge is 0.358 e. The number of hydrogen-bond donors (Lipinski definition) is 1. The van der Waals surface area contributed by atoms with E-state index in [1.165, 1.54) is 27.7 Å². The van der Waals surface area contributed by atoms with Crippen molar-refractivity contribution in [1.29, 1.82) is 0 Å². The van der Waals surface area contributed by atoms with Gasteiger partial charge in [-0.05, 0) is 44.4 Å². The third-order valence-corrected chi connectivity index (χ3v) is 4.85. The molecule has 0 radical (unpaired) electrons. The SMILES string of the molecule is Cc1ccc2[nH]c(C3CCN(C(=O)CCl)CC3)c(C)c2c1. The molecule has 0 atom stereocenters. The molecule has 1 N–H and O–H groups in total. The lowest BCUT2D eigenvalue weighted by molar-refractivity contribution is -0.129. The van der Waals surface area contributed by atoms with Crippen molar-refractivity contribution in [2.45, 2.75) is 32.6 Å². The summed E-state index contributed by atoms with van der Waals surface area (Å²) >= 11 is 5.63. The lowest BCUT2D eigenvalue weighted by atomic mass is 9.91. The van der Waals surface area contributed by atoms with Gasteiger partial charge in [0.1, 0.15) is 5.88 Å². The van der Waals surface area contributed by atoms with E-state index in [0.29, 0.717) is 5.92 Å². The van der Waals surface area contributed by atoms with Gasteiger partial charge >= 0.3 is 0 Å². The van der Waals surface area contributed by atoms with Crippen molar-refractivity contribution in [1.82, 2.24) is 9.88 Å². The van der Waals surface area contributed by atoms with Gasteiger partial charge in [0, 0.05) is 35.6 Å². The highest BCUT2D eigenvalue weighted by atomic mass is 35.5. The second kappa shape index (κ2) is 5.72. The van der Waals surface area contributed by atoms with Gasteiger partial charge in [0.2, 0.25) is 5.91 Å². The number of halogens is 1. The number of likely N-dealkylation sites (tertiary alicyclic amines) is 1. The molecule has 1 saturated heterocycles. The second-order valence-electron chi connectivity index (χ2n) is 6.00. The molecule has 1 aromatic heterocycles. The van der Waals surface area contributed by atoms with E-state index in [2.05, 4.69) is 37.0 Å². The van der Waals surface area contributed by atoms with Crippen molar-refractivity contribution < 1.29 is 4.79 Å². The van der Waals surface area contributed by atoms with Crippen molar-refractivity contribution >= 4 is 28.4 Å². The third-order valence-electron chi connectivity index (χ3n) is 4.62. The summed E-state index contributed by atoms with van der Waals surface area (Å²) in [4.78, 5) is 17.1. The Morgan fingerprint density at radius 3 is 2.71 bits per heavy atom. The molecule has 3 nitrogen and oxygen atoms in total. The number of aryl methyl sites for hydroxylation is 2. The van der Waals surface area contributed by atoms with E-state index in [0.717, 1.165) is 25.9 Å². The molecule has 21 heavy (non-hydrogen) atoms. The number of nitrogens with one attached hydrogen (secondary N) is 1. The van der Waals surface area contributed by atoms with Gasteiger partial charge in [-0.3, -0.25) is 4.79 Å². The molecule has 0 unspecified atom stereocenters. The first kappa shape index (κ1) is 14.5. The number of hydrogen-bond acceptors (Lipinski definition) is 1. The van der Waals surface area contributed by atoms with Crippen molar-refractivity contribution in [3.8, 4) is 0 Å². The van der Waals surface area contributed by atoms with Crippen LogP contribution in [0.3, 0.4) is 0 Å². The van der Waals surface area contributed by atoms with Gasteiger partial charge in [-0.25, -0.2) is 0 Å². The molecule has 4 heteroatoms. The number of nitrogens with zero attached hydrogens (tertiary/aromatic N) is 1. The number of aromatic nitrogens is 1. The number of carbonyl (C=O) groups excluding carboxylic acids is 1. The molecule has 1 aliphatic rings. The molecule has 3 rings (SSSR count). The Balaban J connectivity index is 1.82. The molecule has 1 fully saturated rings. The first-order valence-electron chi connectivity index (χ1n) is 7.52. The maximum Gasteiger partial charge on any atom is 0.237 e. The number of alkyl halides is 1. The minimum atomic E-state index is 0.0547. The number of benzene rings is 1. The summed E-state index contributed by atoms with van der Waals surface area (Å²) in [6, 6.07) is 6.55. The van der Waals surface area contributed by atoms with Crippen LogP contribution in [0.2, 0.25) is 0 Å². The van der Waals surface area contributed by atoms with Gasteiger partial charge in [-0.1, -0.05) is 11.6 Å². The van der Waals surface area contributed by atoms with Crippen LogP contribution in [0.5, 0.6) is 0 Å². The lowest BCUT2D eigenvalue weighted by Crippen LogP contribution is -2.38. The molecule has 1 aliphatic heterocycles. The van der Waals surface area contributed by atoms with Crippen LogP contribution in [0.25, 0.3) is 10.9 Å². The summed E-state index contributed by atoms with van der Waals surface area (Å²) in [5.41, 5.74) is 5.20. The highest BCUT2D eigenvalue weighted by molar-refractivity contribution is 6.27. The first-order chi connectivity index (χ1) is 10.1. The van der Waals surface area contributed by atoms with Crippen molar-refractivity contribution in [2.75, 3.05) is 19.0 Å². The number of piperidine rings is 1. The van der Waals surface area contributed by atoms with Crippen molar-refractivity contribution in [3.05, 3.63) is 35.0 Å². The zero-order valence-electron chi connectivity index (χ0n) is 12.6. The van der Waals surface area contributed by atoms with Crippen molar-refractivity contribution in [3.63, 3.8) is 0 Å². The molecule has 0 spiro atoms. The van der Waals surface area contributed by atoms with Crippen LogP contribution in [-0.2, 0) is 4.79 Å². The van der Waals surface area contributed by atoms with Gasteiger partial charge < -0.3 is 9.88 Å². The topological polar surface area (TPSA) is 36.1 Å².